The van der Waals surface area contributed by atoms with Crippen molar-refractivity contribution in [1.82, 2.24) is 5.32 Å². The third-order valence-electron chi connectivity index (χ3n) is 9.86. The maximum absolute atomic E-state index is 11.3. The van der Waals surface area contributed by atoms with Crippen LogP contribution in [0.4, 0.5) is 0 Å². The molecule has 3 aliphatic heterocycles. The molecule has 17 nitrogen and oxygen atoms in total. The number of nitrogens with one attached hydrogen (secondary N) is 1. The zero-order chi connectivity index (χ0) is 34.7. The van der Waals surface area contributed by atoms with Crippen LogP contribution in [-0.4, -0.2) is 149 Å². The van der Waals surface area contributed by atoms with Gasteiger partial charge >= 0.3 is 0 Å². The highest BCUT2D eigenvalue weighted by molar-refractivity contribution is 5.14. The van der Waals surface area contributed by atoms with Gasteiger partial charge in [0.25, 0.3) is 0 Å². The fourth-order valence-electron chi connectivity index (χ4n) is 6.81. The molecule has 1 aromatic carbocycles. The van der Waals surface area contributed by atoms with E-state index in [-0.39, 0.29) is 25.1 Å². The minimum Gasteiger partial charge on any atom is -0.394 e. The first-order chi connectivity index (χ1) is 22.9. The zero-order valence-electron chi connectivity index (χ0n) is 27.1. The molecule has 18 unspecified atom stereocenters. The summed E-state index contributed by atoms with van der Waals surface area (Å²) in [6, 6.07) is 6.80. The van der Waals surface area contributed by atoms with Crippen LogP contribution in [0, 0.1) is 0 Å². The fourth-order valence-corrected chi connectivity index (χ4v) is 6.81. The van der Waals surface area contributed by atoms with E-state index in [9.17, 15) is 25.5 Å². The third-order valence-corrected chi connectivity index (χ3v) is 9.86. The second-order valence-electron chi connectivity index (χ2n) is 13.3. The zero-order valence-corrected chi connectivity index (χ0v) is 27.1. The molecule has 0 spiro atoms. The van der Waals surface area contributed by atoms with E-state index in [2.05, 4.69) is 5.32 Å². The number of benzene rings is 1. The summed E-state index contributed by atoms with van der Waals surface area (Å²) in [6.45, 7) is 1.96. The average molecular weight is 687 g/mol. The highest BCUT2D eigenvalue weighted by Crippen LogP contribution is 2.34. The minimum atomic E-state index is -1.53. The lowest BCUT2D eigenvalue weighted by molar-refractivity contribution is -0.290. The average Bonchev–Trinajstić information content (AvgIpc) is 3.38. The highest BCUT2D eigenvalue weighted by atomic mass is 16.8. The summed E-state index contributed by atoms with van der Waals surface area (Å²) in [5.41, 5.74) is 32.0. The van der Waals surface area contributed by atoms with Crippen molar-refractivity contribution >= 4 is 0 Å². The maximum atomic E-state index is 11.3. The number of ether oxygens (including phenoxy) is 6. The smallest absolute Gasteiger partial charge is 0.187 e. The lowest BCUT2D eigenvalue weighted by Gasteiger charge is -2.46. The van der Waals surface area contributed by atoms with Crippen molar-refractivity contribution < 1.29 is 54.0 Å². The summed E-state index contributed by atoms with van der Waals surface area (Å²) >= 11 is 0. The number of nitrogens with two attached hydrogens (primary N) is 5. The van der Waals surface area contributed by atoms with Gasteiger partial charge in [0.15, 0.2) is 18.9 Å². The van der Waals surface area contributed by atoms with E-state index >= 15 is 0 Å². The summed E-state index contributed by atoms with van der Waals surface area (Å²) in [7, 11) is 0. The maximum Gasteiger partial charge on any atom is 0.187 e. The number of hydrogen-bond donors (Lipinski definition) is 11. The summed E-state index contributed by atoms with van der Waals surface area (Å²) in [5.74, 6) is 0. The van der Waals surface area contributed by atoms with E-state index in [0.717, 1.165) is 5.56 Å². The normalized spacial score (nSPS) is 46.0. The molecule has 0 amide bonds. The lowest BCUT2D eigenvalue weighted by Crippen LogP contribution is -2.65. The van der Waals surface area contributed by atoms with Crippen molar-refractivity contribution in [1.29, 1.82) is 0 Å². The molecule has 274 valence electrons. The Bertz CT molecular complexity index is 1130. The van der Waals surface area contributed by atoms with E-state index in [1.807, 2.05) is 37.3 Å². The molecule has 18 atom stereocenters. The SMILES string of the molecule is CC(NCc1ccccc1)C1CCC(N)C(OC2C(N)CC(N)C(O)C2OC2OC(CO)C(OC3OC(CN)C(O)C(O)C3N)C2O)O1. The predicted octanol–water partition coefficient (Wildman–Crippen LogP) is -4.62. The predicted molar refractivity (Wildman–Crippen MR) is 169 cm³/mol. The number of hydrogen-bond acceptors (Lipinski definition) is 17. The van der Waals surface area contributed by atoms with E-state index in [0.29, 0.717) is 19.4 Å². The molecule has 16 N–H and O–H groups in total. The Morgan fingerprint density at radius 2 is 1.42 bits per heavy atom. The molecule has 17 heteroatoms. The van der Waals surface area contributed by atoms with E-state index in [1.54, 1.807) is 0 Å². The van der Waals surface area contributed by atoms with Crippen molar-refractivity contribution in [2.45, 2.75) is 143 Å². The van der Waals surface area contributed by atoms with Gasteiger partial charge in [-0.05, 0) is 31.7 Å². The number of rotatable bonds is 12. The Morgan fingerprint density at radius 3 is 2.10 bits per heavy atom. The fraction of sp³-hybridized carbons (Fsp3) is 0.806. The topological polar surface area (TPSA) is 299 Å². The first-order valence-electron chi connectivity index (χ1n) is 16.7. The van der Waals surface area contributed by atoms with Gasteiger partial charge in [0.2, 0.25) is 0 Å². The summed E-state index contributed by atoms with van der Waals surface area (Å²) in [4.78, 5) is 0. The Balaban J connectivity index is 1.25. The highest BCUT2D eigenvalue weighted by Gasteiger charge is 2.53. The lowest BCUT2D eigenvalue weighted by atomic mass is 9.84. The first-order valence-corrected chi connectivity index (χ1v) is 16.7. The first kappa shape index (κ1) is 37.8. The molecule has 3 heterocycles. The quantitative estimate of drug-likeness (QED) is 0.0985. The van der Waals surface area contributed by atoms with Gasteiger partial charge in [-0.1, -0.05) is 30.3 Å². The van der Waals surface area contributed by atoms with Crippen LogP contribution in [0.5, 0.6) is 0 Å². The van der Waals surface area contributed by atoms with Gasteiger partial charge in [0, 0.05) is 31.2 Å². The van der Waals surface area contributed by atoms with Crippen molar-refractivity contribution in [3.8, 4) is 0 Å². The van der Waals surface area contributed by atoms with Gasteiger partial charge in [-0.2, -0.15) is 0 Å². The van der Waals surface area contributed by atoms with Crippen molar-refractivity contribution in [2.24, 2.45) is 28.7 Å². The molecule has 4 aliphatic rings. The third kappa shape index (κ3) is 8.35. The van der Waals surface area contributed by atoms with Crippen LogP contribution >= 0.6 is 0 Å². The molecule has 4 fully saturated rings. The Morgan fingerprint density at radius 1 is 0.750 bits per heavy atom. The van der Waals surface area contributed by atoms with Gasteiger partial charge in [-0.25, -0.2) is 0 Å². The molecule has 1 aromatic rings. The molecular weight excluding hydrogens is 632 g/mol. The minimum absolute atomic E-state index is 0.0324. The second-order valence-corrected chi connectivity index (χ2v) is 13.3. The summed E-state index contributed by atoms with van der Waals surface area (Å²) < 4.78 is 36.2. The van der Waals surface area contributed by atoms with Crippen LogP contribution in [0.25, 0.3) is 0 Å². The molecule has 0 bridgehead atoms. The number of aliphatic hydroxyl groups excluding tert-OH is 5. The Hall–Kier alpha value is -1.46. The van der Waals surface area contributed by atoms with E-state index in [4.69, 9.17) is 57.1 Å². The van der Waals surface area contributed by atoms with Gasteiger partial charge in [0.1, 0.15) is 48.8 Å². The van der Waals surface area contributed by atoms with E-state index in [1.165, 1.54) is 0 Å². The molecule has 0 aromatic heterocycles. The van der Waals surface area contributed by atoms with Gasteiger partial charge < -0.3 is 87.9 Å². The summed E-state index contributed by atoms with van der Waals surface area (Å²) in [6.07, 6.45) is -13.4. The van der Waals surface area contributed by atoms with Crippen LogP contribution in [0.15, 0.2) is 30.3 Å². The van der Waals surface area contributed by atoms with Crippen LogP contribution in [0.1, 0.15) is 31.7 Å². The van der Waals surface area contributed by atoms with Crippen LogP contribution in [-0.2, 0) is 35.0 Å². The monoisotopic (exact) mass is 686 g/mol. The van der Waals surface area contributed by atoms with Crippen molar-refractivity contribution in [3.05, 3.63) is 35.9 Å². The molecule has 48 heavy (non-hydrogen) atoms. The van der Waals surface area contributed by atoms with Gasteiger partial charge in [-0.3, -0.25) is 0 Å². The second kappa shape index (κ2) is 16.7. The van der Waals surface area contributed by atoms with Crippen molar-refractivity contribution in [3.63, 3.8) is 0 Å². The Labute approximate surface area is 279 Å². The molecule has 5 rings (SSSR count). The molecular formula is C31H54N6O11. The van der Waals surface area contributed by atoms with Gasteiger partial charge in [0.05, 0.1) is 30.9 Å². The Kier molecular flexibility index (Phi) is 13.2. The largest absolute Gasteiger partial charge is 0.394 e. The molecule has 3 saturated heterocycles. The number of aliphatic hydroxyl groups is 5. The standard InChI is InChI=1S/C31H54N6O11/c1-13(37-11-14-5-3-2-4-6-14)18-8-7-15(33)29(43-18)46-26-17(35)9-16(34)22(39)28(26)48-31-25(42)27(20(12-38)45-31)47-30-21(36)24(41)23(40)19(10-32)44-30/h2-6,13,15-31,37-42H,7-12,32-36H2,1H3. The molecule has 1 aliphatic carbocycles. The molecule has 1 saturated carbocycles. The van der Waals surface area contributed by atoms with Crippen molar-refractivity contribution in [2.75, 3.05) is 13.2 Å². The molecule has 0 radical (unpaired) electrons. The van der Waals surface area contributed by atoms with E-state index < -0.39 is 105 Å². The summed E-state index contributed by atoms with van der Waals surface area (Å²) in [5, 5.41) is 56.6. The van der Waals surface area contributed by atoms with Crippen LogP contribution < -0.4 is 34.0 Å². The van der Waals surface area contributed by atoms with Gasteiger partial charge in [-0.15, -0.1) is 0 Å². The van der Waals surface area contributed by atoms with Crippen LogP contribution in [0.2, 0.25) is 0 Å². The van der Waals surface area contributed by atoms with Crippen LogP contribution in [0.3, 0.4) is 0 Å².